The van der Waals surface area contributed by atoms with Crippen molar-refractivity contribution in [3.8, 4) is 0 Å². The number of carbonyl (C=O) groups is 5. The predicted molar refractivity (Wildman–Crippen MR) is 192 cm³/mol. The minimum atomic E-state index is -1.40. The molecule has 274 valence electrons. The molecule has 0 aliphatic carbocycles. The van der Waals surface area contributed by atoms with E-state index in [9.17, 15) is 29.1 Å². The molecule has 1 aliphatic rings. The van der Waals surface area contributed by atoms with Crippen molar-refractivity contribution in [1.82, 2.24) is 26.2 Å². The number of carboxylic acids is 1. The number of unbranched alkanes of at least 4 members (excludes halogenated alkanes) is 1. The van der Waals surface area contributed by atoms with Crippen LogP contribution in [0.15, 0.2) is 60.7 Å². The van der Waals surface area contributed by atoms with Crippen molar-refractivity contribution in [3.63, 3.8) is 0 Å². The summed E-state index contributed by atoms with van der Waals surface area (Å²) in [5, 5.41) is 21.2. The molecule has 1 fully saturated rings. The molecule has 1 aliphatic heterocycles. The Morgan fingerprint density at radius 1 is 0.820 bits per heavy atom. The highest BCUT2D eigenvalue weighted by Crippen LogP contribution is 2.21. The average molecular weight is 694 g/mol. The number of piperidine rings is 1. The van der Waals surface area contributed by atoms with E-state index in [1.165, 1.54) is 4.90 Å². The van der Waals surface area contributed by atoms with Crippen molar-refractivity contribution < 1.29 is 29.1 Å². The maximum absolute atomic E-state index is 13.8. The quantitative estimate of drug-likeness (QED) is 0.0990. The molecule has 9 N–H and O–H groups in total. The Morgan fingerprint density at radius 2 is 1.40 bits per heavy atom. The van der Waals surface area contributed by atoms with Gasteiger partial charge in [0.05, 0.1) is 6.54 Å². The summed E-state index contributed by atoms with van der Waals surface area (Å²) in [6, 6.07) is 16.4. The Hall–Kier alpha value is -4.33. The van der Waals surface area contributed by atoms with Gasteiger partial charge in [-0.3, -0.25) is 24.0 Å². The summed E-state index contributed by atoms with van der Waals surface area (Å²) in [5.74, 6) is -2.79. The molecule has 2 aromatic carbocycles. The molecule has 0 aromatic heterocycles. The Bertz CT molecular complexity index is 1380. The van der Waals surface area contributed by atoms with Crippen LogP contribution in [-0.4, -0.2) is 96.0 Å². The number of nitrogens with one attached hydrogen (secondary N) is 4. The van der Waals surface area contributed by atoms with Gasteiger partial charge in [0, 0.05) is 19.5 Å². The van der Waals surface area contributed by atoms with Crippen LogP contribution in [0.3, 0.4) is 0 Å². The Balaban J connectivity index is 1.70. The van der Waals surface area contributed by atoms with Crippen molar-refractivity contribution in [3.05, 3.63) is 71.8 Å². The van der Waals surface area contributed by atoms with E-state index in [4.69, 9.17) is 11.5 Å². The lowest BCUT2D eigenvalue weighted by molar-refractivity contribution is -0.148. The molecule has 1 heterocycles. The second-order valence-electron chi connectivity index (χ2n) is 13.5. The number of carbonyl (C=O) groups excluding carboxylic acids is 4. The van der Waals surface area contributed by atoms with Crippen molar-refractivity contribution >= 4 is 29.6 Å². The van der Waals surface area contributed by atoms with Gasteiger partial charge in [0.2, 0.25) is 23.6 Å². The summed E-state index contributed by atoms with van der Waals surface area (Å²) in [7, 11) is 0. The average Bonchev–Trinajstić information content (AvgIpc) is 3.09. The van der Waals surface area contributed by atoms with Gasteiger partial charge in [-0.1, -0.05) is 74.5 Å². The molecule has 50 heavy (non-hydrogen) atoms. The molecule has 13 nitrogen and oxygen atoms in total. The zero-order valence-corrected chi connectivity index (χ0v) is 29.4. The Kier molecular flexibility index (Phi) is 16.3. The molecule has 1 saturated heterocycles. The van der Waals surface area contributed by atoms with E-state index in [1.807, 2.05) is 74.5 Å². The maximum atomic E-state index is 13.8. The van der Waals surface area contributed by atoms with Gasteiger partial charge in [-0.15, -0.1) is 0 Å². The highest BCUT2D eigenvalue weighted by molar-refractivity contribution is 5.94. The third kappa shape index (κ3) is 13.2. The lowest BCUT2D eigenvalue weighted by Crippen LogP contribution is -2.60. The van der Waals surface area contributed by atoms with Crippen molar-refractivity contribution in [2.45, 2.75) is 88.9 Å². The Morgan fingerprint density at radius 3 is 1.98 bits per heavy atom. The van der Waals surface area contributed by atoms with E-state index in [1.54, 1.807) is 0 Å². The molecule has 13 heteroatoms. The minimum Gasteiger partial charge on any atom is -0.480 e. The largest absolute Gasteiger partial charge is 0.480 e. The van der Waals surface area contributed by atoms with Crippen molar-refractivity contribution in [2.24, 2.45) is 17.4 Å². The van der Waals surface area contributed by atoms with Crippen LogP contribution in [0.4, 0.5) is 0 Å². The molecule has 2 aromatic rings. The van der Waals surface area contributed by atoms with Gasteiger partial charge in [0.15, 0.2) is 0 Å². The number of aliphatic carboxylic acids is 1. The fraction of sp³-hybridized carbons (Fsp3) is 0.541. The highest BCUT2D eigenvalue weighted by Gasteiger charge is 2.40. The Labute approximate surface area is 295 Å². The van der Waals surface area contributed by atoms with Gasteiger partial charge in [0.1, 0.15) is 23.7 Å². The van der Waals surface area contributed by atoms with Crippen LogP contribution >= 0.6 is 0 Å². The second kappa shape index (κ2) is 20.4. The fourth-order valence-electron chi connectivity index (χ4n) is 5.94. The first-order valence-corrected chi connectivity index (χ1v) is 17.6. The van der Waals surface area contributed by atoms with Crippen LogP contribution in [0, 0.1) is 5.92 Å². The smallest absolute Gasteiger partial charge is 0.323 e. The monoisotopic (exact) mass is 693 g/mol. The molecule has 3 rings (SSSR count). The molecule has 0 radical (unpaired) electrons. The molecule has 4 amide bonds. The first kappa shape index (κ1) is 40.1. The van der Waals surface area contributed by atoms with Gasteiger partial charge >= 0.3 is 5.97 Å². The van der Waals surface area contributed by atoms with Crippen LogP contribution in [0.1, 0.15) is 63.5 Å². The van der Waals surface area contributed by atoms with E-state index >= 15 is 0 Å². The summed E-state index contributed by atoms with van der Waals surface area (Å²) >= 11 is 0. The van der Waals surface area contributed by atoms with Crippen LogP contribution in [0.5, 0.6) is 0 Å². The third-order valence-electron chi connectivity index (χ3n) is 8.95. The third-order valence-corrected chi connectivity index (χ3v) is 8.95. The van der Waals surface area contributed by atoms with E-state index in [-0.39, 0.29) is 56.6 Å². The van der Waals surface area contributed by atoms with Crippen LogP contribution in [0.25, 0.3) is 0 Å². The molecular weight excluding hydrogens is 638 g/mol. The number of benzene rings is 2. The number of likely N-dealkylation sites (tertiary alicyclic amines) is 1. The zero-order valence-electron chi connectivity index (χ0n) is 29.4. The van der Waals surface area contributed by atoms with Gasteiger partial charge in [0.25, 0.3) is 0 Å². The normalized spacial score (nSPS) is 15.8. The van der Waals surface area contributed by atoms with Gasteiger partial charge in [-0.2, -0.15) is 0 Å². The first-order valence-electron chi connectivity index (χ1n) is 17.6. The lowest BCUT2D eigenvalue weighted by Gasteiger charge is -2.38. The van der Waals surface area contributed by atoms with Crippen LogP contribution in [-0.2, 0) is 36.8 Å². The molecule has 0 spiro atoms. The van der Waals surface area contributed by atoms with E-state index in [0.717, 1.165) is 17.5 Å². The predicted octanol–water partition coefficient (Wildman–Crippen LogP) is 1.10. The molecule has 0 saturated carbocycles. The lowest BCUT2D eigenvalue weighted by atomic mass is 9.88. The number of hydrogen-bond acceptors (Lipinski definition) is 8. The van der Waals surface area contributed by atoms with Crippen LogP contribution in [0.2, 0.25) is 0 Å². The standard InChI is InChI=1S/C37H55N7O6/c1-26(2)23-30(33(46)42-29(15-9-10-19-38)35(48)44-21-17-37(39,18-22-44)36(49)50)43-34(47)31(24-28-13-7-4-8-14-28)41-32(45)25-40-20-16-27-11-5-3-6-12-27/h3-8,11-14,26,29-31,40H,9-10,15-25,38-39H2,1-2H3,(H,41,45)(H,42,46)(H,43,47)(H,49,50)/t29?,30-,31?/m1/s1. The van der Waals surface area contributed by atoms with Crippen LogP contribution < -0.4 is 32.7 Å². The fourth-order valence-corrected chi connectivity index (χ4v) is 5.94. The van der Waals surface area contributed by atoms with E-state index in [2.05, 4.69) is 21.3 Å². The number of hydrogen-bond donors (Lipinski definition) is 7. The topological polar surface area (TPSA) is 209 Å². The molecule has 3 atom stereocenters. The summed E-state index contributed by atoms with van der Waals surface area (Å²) in [6.07, 6.45) is 3.02. The van der Waals surface area contributed by atoms with Crippen molar-refractivity contribution in [2.75, 3.05) is 32.7 Å². The van der Waals surface area contributed by atoms with E-state index < -0.39 is 41.4 Å². The van der Waals surface area contributed by atoms with Gasteiger partial charge in [-0.05, 0) is 75.1 Å². The molecular formula is C37H55N7O6. The number of rotatable bonds is 20. The number of nitrogens with zero attached hydrogens (tertiary/aromatic N) is 1. The summed E-state index contributed by atoms with van der Waals surface area (Å²) in [5.41, 5.74) is 12.3. The summed E-state index contributed by atoms with van der Waals surface area (Å²) < 4.78 is 0. The number of nitrogens with two attached hydrogens (primary N) is 2. The second-order valence-corrected chi connectivity index (χ2v) is 13.5. The SMILES string of the molecule is CC(C)C[C@@H](NC(=O)C(Cc1ccccc1)NC(=O)CNCCc1ccccc1)C(=O)NC(CCCCN)C(=O)N1CCC(N)(C(=O)O)CC1. The first-order chi connectivity index (χ1) is 23.9. The number of amides is 4. The maximum Gasteiger partial charge on any atom is 0.323 e. The minimum absolute atomic E-state index is 0.0160. The van der Waals surface area contributed by atoms with Gasteiger partial charge < -0.3 is 42.7 Å². The number of carboxylic acid groups (broad SMARTS) is 1. The molecule has 2 unspecified atom stereocenters. The highest BCUT2D eigenvalue weighted by atomic mass is 16.4. The molecule has 0 bridgehead atoms. The zero-order chi connectivity index (χ0) is 36.5. The van der Waals surface area contributed by atoms with Gasteiger partial charge in [-0.25, -0.2) is 0 Å². The van der Waals surface area contributed by atoms with Crippen molar-refractivity contribution in [1.29, 1.82) is 0 Å². The van der Waals surface area contributed by atoms with E-state index in [0.29, 0.717) is 38.8 Å². The summed E-state index contributed by atoms with van der Waals surface area (Å²) in [4.78, 5) is 67.4. The summed E-state index contributed by atoms with van der Waals surface area (Å²) in [6.45, 7) is 5.18.